The lowest BCUT2D eigenvalue weighted by Gasteiger charge is -2.10. The van der Waals surface area contributed by atoms with E-state index in [1.54, 1.807) is 0 Å². The van der Waals surface area contributed by atoms with Crippen LogP contribution in [0.25, 0.3) is 11.2 Å². The van der Waals surface area contributed by atoms with E-state index in [0.717, 1.165) is 0 Å². The number of phenols is 2. The van der Waals surface area contributed by atoms with Gasteiger partial charge in [-0.15, -0.1) is 0 Å². The summed E-state index contributed by atoms with van der Waals surface area (Å²) in [4.78, 5) is 15.1. The Labute approximate surface area is 119 Å². The maximum atomic E-state index is 9.75. The molecule has 108 valence electrons. The molecular weight excluding hydrogens is 274 g/mol. The fourth-order valence-corrected chi connectivity index (χ4v) is 2.05. The van der Waals surface area contributed by atoms with E-state index in [2.05, 4.69) is 25.3 Å². The van der Waals surface area contributed by atoms with Gasteiger partial charge in [-0.1, -0.05) is 0 Å². The first-order valence-electron chi connectivity index (χ1n) is 6.16. The van der Waals surface area contributed by atoms with Gasteiger partial charge in [0.05, 0.1) is 13.4 Å². The summed E-state index contributed by atoms with van der Waals surface area (Å²) in [6.45, 7) is 0.357. The molecule has 0 spiro atoms. The number of benzene rings is 1. The van der Waals surface area contributed by atoms with Crippen molar-refractivity contribution in [2.75, 3.05) is 12.4 Å². The fourth-order valence-electron chi connectivity index (χ4n) is 2.05. The first-order chi connectivity index (χ1) is 10.2. The number of aromatic nitrogens is 4. The summed E-state index contributed by atoms with van der Waals surface area (Å²) in [6.07, 6.45) is 2.95. The Morgan fingerprint density at radius 1 is 1.19 bits per heavy atom. The van der Waals surface area contributed by atoms with Crippen molar-refractivity contribution >= 4 is 17.0 Å². The van der Waals surface area contributed by atoms with E-state index in [0.29, 0.717) is 29.1 Å². The van der Waals surface area contributed by atoms with E-state index in [1.807, 2.05) is 0 Å². The zero-order chi connectivity index (χ0) is 14.8. The molecule has 0 radical (unpaired) electrons. The number of anilines is 1. The van der Waals surface area contributed by atoms with Gasteiger partial charge in [0.2, 0.25) is 5.75 Å². The first kappa shape index (κ1) is 13.0. The van der Waals surface area contributed by atoms with Gasteiger partial charge in [-0.3, -0.25) is 0 Å². The van der Waals surface area contributed by atoms with Crippen molar-refractivity contribution in [2.24, 2.45) is 0 Å². The monoisotopic (exact) mass is 287 g/mol. The molecule has 0 fully saturated rings. The number of phenolic OH excluding ortho intramolecular Hbond substituents is 2. The molecule has 0 saturated carbocycles. The van der Waals surface area contributed by atoms with Gasteiger partial charge in [-0.25, -0.2) is 15.0 Å². The van der Waals surface area contributed by atoms with Crippen molar-refractivity contribution in [2.45, 2.75) is 6.54 Å². The zero-order valence-corrected chi connectivity index (χ0v) is 11.2. The normalized spacial score (nSPS) is 10.7. The van der Waals surface area contributed by atoms with Crippen LogP contribution < -0.4 is 10.1 Å². The molecule has 0 amide bonds. The summed E-state index contributed by atoms with van der Waals surface area (Å²) in [5, 5.41) is 22.6. The summed E-state index contributed by atoms with van der Waals surface area (Å²) >= 11 is 0. The van der Waals surface area contributed by atoms with Crippen LogP contribution in [0.15, 0.2) is 24.8 Å². The third-order valence-electron chi connectivity index (χ3n) is 3.00. The van der Waals surface area contributed by atoms with E-state index in [9.17, 15) is 10.2 Å². The predicted molar refractivity (Wildman–Crippen MR) is 75.3 cm³/mol. The number of aromatic hydroxyl groups is 2. The maximum Gasteiger partial charge on any atom is 0.202 e. The van der Waals surface area contributed by atoms with Crippen molar-refractivity contribution in [3.8, 4) is 17.2 Å². The quantitative estimate of drug-likeness (QED) is 0.573. The summed E-state index contributed by atoms with van der Waals surface area (Å²) < 4.78 is 4.89. The molecule has 1 aromatic carbocycles. The van der Waals surface area contributed by atoms with Crippen molar-refractivity contribution in [1.82, 2.24) is 19.9 Å². The summed E-state index contributed by atoms with van der Waals surface area (Å²) in [5.74, 6) is 0.399. The standard InChI is InChI=1S/C13H13N5O3/c1-21-11-8(19)2-7(3-9(11)20)4-14-12-10-13(16-5-15-10)18-6-17-12/h2-3,5-6,19-20H,4H2,1H3,(H2,14,15,16,17,18). The van der Waals surface area contributed by atoms with Crippen LogP contribution in [-0.2, 0) is 6.54 Å². The van der Waals surface area contributed by atoms with Crippen LogP contribution in [0.3, 0.4) is 0 Å². The van der Waals surface area contributed by atoms with Gasteiger partial charge in [0.1, 0.15) is 11.8 Å². The topological polar surface area (TPSA) is 116 Å². The van der Waals surface area contributed by atoms with Crippen molar-refractivity contribution in [3.05, 3.63) is 30.4 Å². The number of H-pyrrole nitrogens is 1. The van der Waals surface area contributed by atoms with Crippen molar-refractivity contribution in [3.63, 3.8) is 0 Å². The lowest BCUT2D eigenvalue weighted by atomic mass is 10.2. The third kappa shape index (κ3) is 2.38. The van der Waals surface area contributed by atoms with Gasteiger partial charge in [-0.05, 0) is 17.7 Å². The van der Waals surface area contributed by atoms with Crippen molar-refractivity contribution < 1.29 is 14.9 Å². The van der Waals surface area contributed by atoms with Gasteiger partial charge in [0.25, 0.3) is 0 Å². The lowest BCUT2D eigenvalue weighted by molar-refractivity contribution is 0.344. The highest BCUT2D eigenvalue weighted by molar-refractivity contribution is 5.81. The average Bonchev–Trinajstić information content (AvgIpc) is 2.93. The molecule has 0 aliphatic carbocycles. The molecule has 3 aromatic rings. The van der Waals surface area contributed by atoms with E-state index >= 15 is 0 Å². The second kappa shape index (κ2) is 5.16. The zero-order valence-electron chi connectivity index (χ0n) is 11.2. The molecule has 0 aliphatic heterocycles. The SMILES string of the molecule is COc1c(O)cc(CNc2ncnc3nc[nH]c23)cc1O. The van der Waals surface area contributed by atoms with Gasteiger partial charge in [0.15, 0.2) is 23.0 Å². The van der Waals surface area contributed by atoms with E-state index in [1.165, 1.54) is 31.9 Å². The van der Waals surface area contributed by atoms with Gasteiger partial charge in [-0.2, -0.15) is 0 Å². The molecule has 8 nitrogen and oxygen atoms in total. The molecule has 4 N–H and O–H groups in total. The fraction of sp³-hybridized carbons (Fsp3) is 0.154. The molecule has 2 heterocycles. The second-order valence-electron chi connectivity index (χ2n) is 4.34. The summed E-state index contributed by atoms with van der Waals surface area (Å²) in [6, 6.07) is 3.02. The molecule has 2 aromatic heterocycles. The Morgan fingerprint density at radius 2 is 1.95 bits per heavy atom. The van der Waals surface area contributed by atoms with Gasteiger partial charge < -0.3 is 25.3 Å². The Balaban J connectivity index is 1.83. The highest BCUT2D eigenvalue weighted by Gasteiger charge is 2.11. The van der Waals surface area contributed by atoms with Crippen molar-refractivity contribution in [1.29, 1.82) is 0 Å². The Hall–Kier alpha value is -3.03. The smallest absolute Gasteiger partial charge is 0.202 e. The van der Waals surface area contributed by atoms with Crippen LogP contribution in [0, 0.1) is 0 Å². The number of imidazole rings is 1. The molecule has 0 saturated heterocycles. The number of aromatic amines is 1. The third-order valence-corrected chi connectivity index (χ3v) is 3.00. The van der Waals surface area contributed by atoms with Crippen LogP contribution in [0.5, 0.6) is 17.2 Å². The number of fused-ring (bicyclic) bond motifs is 1. The van der Waals surface area contributed by atoms with Gasteiger partial charge >= 0.3 is 0 Å². The molecule has 21 heavy (non-hydrogen) atoms. The number of hydrogen-bond donors (Lipinski definition) is 4. The van der Waals surface area contributed by atoms with E-state index < -0.39 is 0 Å². The number of hydrogen-bond acceptors (Lipinski definition) is 7. The van der Waals surface area contributed by atoms with E-state index in [4.69, 9.17) is 4.74 Å². The van der Waals surface area contributed by atoms with E-state index in [-0.39, 0.29) is 17.2 Å². The maximum absolute atomic E-state index is 9.75. The highest BCUT2D eigenvalue weighted by atomic mass is 16.5. The number of methoxy groups -OCH3 is 1. The Bertz CT molecular complexity index is 763. The minimum absolute atomic E-state index is 0.0525. The van der Waals surface area contributed by atoms with Crippen LogP contribution >= 0.6 is 0 Å². The van der Waals surface area contributed by atoms with Crippen LogP contribution in [-0.4, -0.2) is 37.3 Å². The number of ether oxygens (including phenoxy) is 1. The average molecular weight is 287 g/mol. The minimum atomic E-state index is -0.122. The minimum Gasteiger partial charge on any atom is -0.504 e. The number of rotatable bonds is 4. The summed E-state index contributed by atoms with van der Waals surface area (Å²) in [7, 11) is 1.38. The second-order valence-corrected chi connectivity index (χ2v) is 4.34. The molecule has 0 bridgehead atoms. The predicted octanol–water partition coefficient (Wildman–Crippen LogP) is 1.38. The highest BCUT2D eigenvalue weighted by Crippen LogP contribution is 2.36. The molecule has 0 atom stereocenters. The number of nitrogens with zero attached hydrogens (tertiary/aromatic N) is 3. The Kier molecular flexibility index (Phi) is 3.19. The lowest BCUT2D eigenvalue weighted by Crippen LogP contribution is -2.02. The van der Waals surface area contributed by atoms with Crippen LogP contribution in [0.4, 0.5) is 5.82 Å². The van der Waals surface area contributed by atoms with Crippen LogP contribution in [0.1, 0.15) is 5.56 Å². The molecule has 3 rings (SSSR count). The molecule has 8 heteroatoms. The number of nitrogens with one attached hydrogen (secondary N) is 2. The van der Waals surface area contributed by atoms with Gasteiger partial charge in [0, 0.05) is 6.54 Å². The molecular formula is C13H13N5O3. The molecule has 0 unspecified atom stereocenters. The van der Waals surface area contributed by atoms with Crippen LogP contribution in [0.2, 0.25) is 0 Å². The molecule has 0 aliphatic rings. The summed E-state index contributed by atoms with van der Waals surface area (Å²) in [5.41, 5.74) is 1.93. The Morgan fingerprint density at radius 3 is 2.67 bits per heavy atom. The largest absolute Gasteiger partial charge is 0.504 e. The first-order valence-corrected chi connectivity index (χ1v) is 6.16.